The first-order chi connectivity index (χ1) is 12.8. The molecule has 2 aromatic carbocycles. The van der Waals surface area contributed by atoms with Crippen LogP contribution >= 0.6 is 0 Å². The molecule has 27 heavy (non-hydrogen) atoms. The SMILES string of the molecule is Cc1ccc(S(=O)(=O)NCCCNC(=O)C2(c3ccccc3F)CC2)cc1. The van der Waals surface area contributed by atoms with Crippen molar-refractivity contribution in [2.45, 2.75) is 36.5 Å². The Morgan fingerprint density at radius 3 is 2.37 bits per heavy atom. The molecule has 0 aliphatic heterocycles. The lowest BCUT2D eigenvalue weighted by Gasteiger charge is -2.16. The minimum Gasteiger partial charge on any atom is -0.355 e. The molecule has 1 amide bonds. The van der Waals surface area contributed by atoms with Crippen molar-refractivity contribution in [3.05, 3.63) is 65.5 Å². The summed E-state index contributed by atoms with van der Waals surface area (Å²) in [5.74, 6) is -0.565. The predicted octanol–water partition coefficient (Wildman–Crippen LogP) is 2.65. The summed E-state index contributed by atoms with van der Waals surface area (Å²) in [6, 6.07) is 13.0. The summed E-state index contributed by atoms with van der Waals surface area (Å²) in [7, 11) is -3.55. The number of amides is 1. The van der Waals surface area contributed by atoms with Crippen molar-refractivity contribution < 1.29 is 17.6 Å². The lowest BCUT2D eigenvalue weighted by molar-refractivity contribution is -0.123. The number of sulfonamides is 1. The summed E-state index contributed by atoms with van der Waals surface area (Å²) >= 11 is 0. The molecule has 1 saturated carbocycles. The minimum absolute atomic E-state index is 0.200. The third-order valence-corrected chi connectivity index (χ3v) is 6.31. The number of halogens is 1. The summed E-state index contributed by atoms with van der Waals surface area (Å²) in [6.07, 6.45) is 1.70. The molecule has 7 heteroatoms. The Morgan fingerprint density at radius 1 is 1.07 bits per heavy atom. The zero-order valence-electron chi connectivity index (χ0n) is 15.2. The number of rotatable bonds is 8. The van der Waals surface area contributed by atoms with E-state index in [-0.39, 0.29) is 23.2 Å². The van der Waals surface area contributed by atoms with Gasteiger partial charge in [-0.1, -0.05) is 35.9 Å². The van der Waals surface area contributed by atoms with Gasteiger partial charge in [-0.3, -0.25) is 4.79 Å². The third kappa shape index (κ3) is 4.36. The largest absolute Gasteiger partial charge is 0.355 e. The maximum atomic E-state index is 14.0. The van der Waals surface area contributed by atoms with Crippen molar-refractivity contribution in [2.75, 3.05) is 13.1 Å². The van der Waals surface area contributed by atoms with Crippen molar-refractivity contribution in [3.8, 4) is 0 Å². The second-order valence-corrected chi connectivity index (χ2v) is 8.65. The molecule has 144 valence electrons. The Balaban J connectivity index is 1.47. The highest BCUT2D eigenvalue weighted by Crippen LogP contribution is 2.49. The first-order valence-electron chi connectivity index (χ1n) is 8.95. The molecule has 0 bridgehead atoms. The molecule has 1 aliphatic carbocycles. The van der Waals surface area contributed by atoms with Crippen molar-refractivity contribution in [1.82, 2.24) is 10.0 Å². The van der Waals surface area contributed by atoms with Gasteiger partial charge in [-0.2, -0.15) is 0 Å². The molecule has 3 rings (SSSR count). The van der Waals surface area contributed by atoms with Crippen molar-refractivity contribution in [2.24, 2.45) is 0 Å². The number of hydrogen-bond donors (Lipinski definition) is 2. The molecule has 0 heterocycles. The zero-order valence-corrected chi connectivity index (χ0v) is 16.0. The second kappa shape index (κ2) is 7.78. The zero-order chi connectivity index (χ0) is 19.5. The maximum Gasteiger partial charge on any atom is 0.240 e. The minimum atomic E-state index is -3.55. The second-order valence-electron chi connectivity index (χ2n) is 6.88. The molecule has 5 nitrogen and oxygen atoms in total. The van der Waals surface area contributed by atoms with E-state index >= 15 is 0 Å². The smallest absolute Gasteiger partial charge is 0.240 e. The number of benzene rings is 2. The monoisotopic (exact) mass is 390 g/mol. The van der Waals surface area contributed by atoms with E-state index in [1.54, 1.807) is 42.5 Å². The number of hydrogen-bond acceptors (Lipinski definition) is 3. The van der Waals surface area contributed by atoms with Crippen molar-refractivity contribution in [1.29, 1.82) is 0 Å². The van der Waals surface area contributed by atoms with E-state index < -0.39 is 15.4 Å². The van der Waals surface area contributed by atoms with Crippen LogP contribution in [0.2, 0.25) is 0 Å². The summed E-state index contributed by atoms with van der Waals surface area (Å²) in [6.45, 7) is 2.43. The summed E-state index contributed by atoms with van der Waals surface area (Å²) < 4.78 is 40.9. The van der Waals surface area contributed by atoms with Crippen LogP contribution in [0.25, 0.3) is 0 Å². The van der Waals surface area contributed by atoms with E-state index in [1.165, 1.54) is 6.07 Å². The Bertz CT molecular complexity index is 922. The first-order valence-corrected chi connectivity index (χ1v) is 10.4. The molecule has 1 fully saturated rings. The fraction of sp³-hybridized carbons (Fsp3) is 0.350. The Kier molecular flexibility index (Phi) is 5.62. The van der Waals surface area contributed by atoms with E-state index in [9.17, 15) is 17.6 Å². The molecular formula is C20H23FN2O3S. The van der Waals surface area contributed by atoms with Gasteiger partial charge in [0.1, 0.15) is 5.82 Å². The normalized spacial score (nSPS) is 15.3. The van der Waals surface area contributed by atoms with Gasteiger partial charge < -0.3 is 5.32 Å². The molecule has 0 spiro atoms. The highest BCUT2D eigenvalue weighted by atomic mass is 32.2. The van der Waals surface area contributed by atoms with E-state index in [2.05, 4.69) is 10.0 Å². The molecular weight excluding hydrogens is 367 g/mol. The van der Waals surface area contributed by atoms with Gasteiger partial charge in [-0.15, -0.1) is 0 Å². The van der Waals surface area contributed by atoms with Crippen LogP contribution in [-0.4, -0.2) is 27.4 Å². The molecule has 1 aliphatic rings. The fourth-order valence-corrected chi connectivity index (χ4v) is 4.13. The lowest BCUT2D eigenvalue weighted by atomic mass is 9.94. The van der Waals surface area contributed by atoms with Crippen LogP contribution in [0.1, 0.15) is 30.4 Å². The highest BCUT2D eigenvalue weighted by molar-refractivity contribution is 7.89. The molecule has 2 N–H and O–H groups in total. The molecule has 0 aromatic heterocycles. The molecule has 0 atom stereocenters. The van der Waals surface area contributed by atoms with Crippen LogP contribution in [-0.2, 0) is 20.2 Å². The van der Waals surface area contributed by atoms with Gasteiger partial charge >= 0.3 is 0 Å². The standard InChI is InChI=1S/C20H23FN2O3S/c1-15-7-9-16(10-8-15)27(25,26)23-14-4-13-22-19(24)20(11-12-20)17-5-2-3-6-18(17)21/h2-3,5-10,23H,4,11-14H2,1H3,(H,22,24). The van der Waals surface area contributed by atoms with Crippen molar-refractivity contribution in [3.63, 3.8) is 0 Å². The number of carbonyl (C=O) groups excluding carboxylic acids is 1. The van der Waals surface area contributed by atoms with Crippen LogP contribution in [0.15, 0.2) is 53.4 Å². The van der Waals surface area contributed by atoms with E-state index in [0.29, 0.717) is 31.4 Å². The van der Waals surface area contributed by atoms with Gasteiger partial charge in [0.2, 0.25) is 15.9 Å². The average molecular weight is 390 g/mol. The van der Waals surface area contributed by atoms with E-state index in [0.717, 1.165) is 5.56 Å². The molecule has 0 unspecified atom stereocenters. The highest BCUT2D eigenvalue weighted by Gasteiger charge is 2.52. The quantitative estimate of drug-likeness (QED) is 0.681. The molecule has 2 aromatic rings. The van der Waals surface area contributed by atoms with Crippen LogP contribution < -0.4 is 10.0 Å². The van der Waals surface area contributed by atoms with E-state index in [1.807, 2.05) is 6.92 Å². The van der Waals surface area contributed by atoms with Crippen LogP contribution in [0, 0.1) is 12.7 Å². The third-order valence-electron chi connectivity index (χ3n) is 4.84. The summed E-state index contributed by atoms with van der Waals surface area (Å²) in [4.78, 5) is 12.7. The predicted molar refractivity (Wildman–Crippen MR) is 101 cm³/mol. The number of nitrogens with one attached hydrogen (secondary N) is 2. The first kappa shape index (κ1) is 19.5. The topological polar surface area (TPSA) is 75.3 Å². The average Bonchev–Trinajstić information content (AvgIpc) is 3.44. The van der Waals surface area contributed by atoms with Gasteiger partial charge in [0, 0.05) is 18.7 Å². The number of aryl methyl sites for hydroxylation is 1. The van der Waals surface area contributed by atoms with Gasteiger partial charge in [0.25, 0.3) is 0 Å². The fourth-order valence-electron chi connectivity index (χ4n) is 3.06. The molecule has 0 saturated heterocycles. The lowest BCUT2D eigenvalue weighted by Crippen LogP contribution is -2.37. The van der Waals surface area contributed by atoms with Gasteiger partial charge in [0.05, 0.1) is 10.3 Å². The summed E-state index contributed by atoms with van der Waals surface area (Å²) in [5, 5.41) is 2.80. The Labute approximate surface area is 159 Å². The van der Waals surface area contributed by atoms with Crippen molar-refractivity contribution >= 4 is 15.9 Å². The maximum absolute atomic E-state index is 14.0. The Morgan fingerprint density at radius 2 is 1.74 bits per heavy atom. The molecule has 0 radical (unpaired) electrons. The number of carbonyl (C=O) groups is 1. The Hall–Kier alpha value is -2.25. The van der Waals surface area contributed by atoms with Gasteiger partial charge in [0.15, 0.2) is 0 Å². The van der Waals surface area contributed by atoms with Crippen LogP contribution in [0.5, 0.6) is 0 Å². The van der Waals surface area contributed by atoms with Gasteiger partial charge in [-0.25, -0.2) is 17.5 Å². The summed E-state index contributed by atoms with van der Waals surface area (Å²) in [5.41, 5.74) is 0.648. The van der Waals surface area contributed by atoms with Gasteiger partial charge in [-0.05, 0) is 44.4 Å². The van der Waals surface area contributed by atoms with Crippen LogP contribution in [0.3, 0.4) is 0 Å². The van der Waals surface area contributed by atoms with Crippen LogP contribution in [0.4, 0.5) is 4.39 Å². The van der Waals surface area contributed by atoms with E-state index in [4.69, 9.17) is 0 Å².